The predicted octanol–water partition coefficient (Wildman–Crippen LogP) is 1.81. The Balaban J connectivity index is 2.00. The van der Waals surface area contributed by atoms with Crippen molar-refractivity contribution in [2.75, 3.05) is 7.11 Å². The van der Waals surface area contributed by atoms with Crippen molar-refractivity contribution in [2.45, 2.75) is 13.0 Å². The van der Waals surface area contributed by atoms with Gasteiger partial charge in [0.1, 0.15) is 6.04 Å². The quantitative estimate of drug-likeness (QED) is 0.631. The topological polar surface area (TPSA) is 65.6 Å². The second kappa shape index (κ2) is 6.79. The molecule has 6 nitrogen and oxygen atoms in total. The predicted molar refractivity (Wildman–Crippen MR) is 106 cm³/mol. The summed E-state index contributed by atoms with van der Waals surface area (Å²) in [7, 11) is 3.27. The highest BCUT2D eigenvalue weighted by Crippen LogP contribution is 2.32. The van der Waals surface area contributed by atoms with E-state index in [1.807, 2.05) is 53.5 Å². The van der Waals surface area contributed by atoms with Gasteiger partial charge < -0.3 is 9.30 Å². The van der Waals surface area contributed by atoms with Crippen LogP contribution in [-0.2, 0) is 16.6 Å². The Kier molecular flexibility index (Phi) is 4.45. The number of nitrogens with zero attached hydrogens (tertiary/aromatic N) is 3. The molecule has 0 spiro atoms. The minimum atomic E-state index is -0.524. The third-order valence-electron chi connectivity index (χ3n) is 4.50. The summed E-state index contributed by atoms with van der Waals surface area (Å²) in [5.41, 5.74) is 1.74. The molecule has 27 heavy (non-hydrogen) atoms. The van der Waals surface area contributed by atoms with Gasteiger partial charge in [0.2, 0.25) is 0 Å². The van der Waals surface area contributed by atoms with Gasteiger partial charge in [0.05, 0.1) is 22.9 Å². The van der Waals surface area contributed by atoms with Gasteiger partial charge in [-0.25, -0.2) is 9.79 Å². The lowest BCUT2D eigenvalue weighted by molar-refractivity contribution is -0.136. The van der Waals surface area contributed by atoms with Crippen LogP contribution in [0.4, 0.5) is 0 Å². The average Bonchev–Trinajstić information content (AvgIpc) is 3.37. The summed E-state index contributed by atoms with van der Waals surface area (Å²) in [5.74, 6) is -0.466. The molecule has 1 aliphatic heterocycles. The molecule has 0 unspecified atom stereocenters. The Labute approximate surface area is 163 Å². The number of ether oxygens (including phenoxy) is 1. The molecule has 3 aromatic rings. The first-order chi connectivity index (χ1) is 13.0. The molecular weight excluding hydrogens is 382 g/mol. The van der Waals surface area contributed by atoms with E-state index in [1.165, 1.54) is 29.8 Å². The van der Waals surface area contributed by atoms with Crippen molar-refractivity contribution >= 4 is 34.7 Å². The number of esters is 1. The third kappa shape index (κ3) is 2.90. The second-order valence-electron chi connectivity index (χ2n) is 6.13. The van der Waals surface area contributed by atoms with Gasteiger partial charge >= 0.3 is 5.97 Å². The minimum absolute atomic E-state index is 0.160. The molecule has 0 fully saturated rings. The third-order valence-corrected chi connectivity index (χ3v) is 6.41. The van der Waals surface area contributed by atoms with Crippen LogP contribution in [0, 0.1) is 0 Å². The fourth-order valence-corrected chi connectivity index (χ4v) is 5.02. The lowest BCUT2D eigenvalue weighted by Crippen LogP contribution is -2.39. The lowest BCUT2D eigenvalue weighted by atomic mass is 10.0. The summed E-state index contributed by atoms with van der Waals surface area (Å²) in [5, 5.41) is 1.93. The van der Waals surface area contributed by atoms with Crippen molar-refractivity contribution < 1.29 is 9.53 Å². The number of hydrogen-bond acceptors (Lipinski definition) is 6. The smallest absolute Gasteiger partial charge is 0.338 e. The van der Waals surface area contributed by atoms with Gasteiger partial charge in [-0.15, -0.1) is 11.3 Å². The van der Waals surface area contributed by atoms with E-state index in [4.69, 9.17) is 4.74 Å². The standard InChI is InChI=1S/C19H17N3O3S2/c1-11-15(18(24)25-3)16(13-7-5-9-26-13)22-17(23)14(27-19(22)20-11)10-12-6-4-8-21(12)2/h4-10,16H,1-3H3/b14-10+/t16-/m1/s1. The van der Waals surface area contributed by atoms with Crippen molar-refractivity contribution in [1.82, 2.24) is 9.13 Å². The first kappa shape index (κ1) is 17.7. The minimum Gasteiger partial charge on any atom is -0.466 e. The van der Waals surface area contributed by atoms with E-state index in [1.54, 1.807) is 11.5 Å². The van der Waals surface area contributed by atoms with Gasteiger partial charge in [-0.05, 0) is 36.6 Å². The number of methoxy groups -OCH3 is 1. The Morgan fingerprint density at radius 2 is 2.15 bits per heavy atom. The van der Waals surface area contributed by atoms with Gasteiger partial charge in [0.25, 0.3) is 5.56 Å². The zero-order chi connectivity index (χ0) is 19.1. The highest BCUT2D eigenvalue weighted by Gasteiger charge is 2.33. The molecule has 1 aliphatic rings. The van der Waals surface area contributed by atoms with E-state index in [0.29, 0.717) is 20.6 Å². The maximum atomic E-state index is 13.2. The average molecular weight is 399 g/mol. The first-order valence-corrected chi connectivity index (χ1v) is 9.96. The molecule has 0 saturated heterocycles. The summed E-state index contributed by atoms with van der Waals surface area (Å²) in [6, 6.07) is 7.18. The highest BCUT2D eigenvalue weighted by atomic mass is 32.1. The van der Waals surface area contributed by atoms with Gasteiger partial charge in [0.15, 0.2) is 4.80 Å². The molecule has 1 atom stereocenters. The molecule has 0 amide bonds. The normalized spacial score (nSPS) is 17.0. The van der Waals surface area contributed by atoms with E-state index in [-0.39, 0.29) is 5.56 Å². The Morgan fingerprint density at radius 3 is 2.78 bits per heavy atom. The van der Waals surface area contributed by atoms with E-state index in [0.717, 1.165) is 10.6 Å². The van der Waals surface area contributed by atoms with Crippen LogP contribution in [0.5, 0.6) is 0 Å². The Bertz CT molecular complexity index is 1230. The van der Waals surface area contributed by atoms with Crippen molar-refractivity contribution in [1.29, 1.82) is 0 Å². The molecule has 0 radical (unpaired) electrons. The molecule has 4 rings (SSSR count). The number of aryl methyl sites for hydroxylation is 1. The van der Waals surface area contributed by atoms with Crippen molar-refractivity contribution in [3.05, 3.63) is 77.4 Å². The molecule has 0 aromatic carbocycles. The Hall–Kier alpha value is -2.71. The van der Waals surface area contributed by atoms with Crippen LogP contribution < -0.4 is 14.9 Å². The largest absolute Gasteiger partial charge is 0.466 e. The highest BCUT2D eigenvalue weighted by molar-refractivity contribution is 7.10. The number of thiazole rings is 1. The van der Waals surface area contributed by atoms with Crippen molar-refractivity contribution in [3.8, 4) is 0 Å². The van der Waals surface area contributed by atoms with Gasteiger partial charge in [-0.2, -0.15) is 0 Å². The zero-order valence-corrected chi connectivity index (χ0v) is 16.6. The summed E-state index contributed by atoms with van der Waals surface area (Å²) in [6.45, 7) is 1.78. The molecule has 0 aliphatic carbocycles. The van der Waals surface area contributed by atoms with Crippen molar-refractivity contribution in [2.24, 2.45) is 12.0 Å². The number of aromatic nitrogens is 2. The summed E-state index contributed by atoms with van der Waals surface area (Å²) in [4.78, 5) is 31.7. The van der Waals surface area contributed by atoms with Crippen LogP contribution in [0.1, 0.15) is 23.5 Å². The number of allylic oxidation sites excluding steroid dienone is 1. The molecular formula is C19H17N3O3S2. The molecule has 3 aromatic heterocycles. The number of carbonyl (C=O) groups excluding carboxylic acids is 1. The summed E-state index contributed by atoms with van der Waals surface area (Å²) in [6.07, 6.45) is 3.78. The van der Waals surface area contributed by atoms with Crippen LogP contribution in [0.2, 0.25) is 0 Å². The van der Waals surface area contributed by atoms with Crippen LogP contribution in [0.25, 0.3) is 6.08 Å². The maximum absolute atomic E-state index is 13.2. The summed E-state index contributed by atoms with van der Waals surface area (Å²) < 4.78 is 9.10. The molecule has 0 saturated carbocycles. The van der Waals surface area contributed by atoms with Crippen LogP contribution in [0.15, 0.2) is 56.9 Å². The molecule has 8 heteroatoms. The number of fused-ring (bicyclic) bond motifs is 1. The second-order valence-corrected chi connectivity index (χ2v) is 8.12. The number of thiophene rings is 1. The van der Waals surface area contributed by atoms with Crippen LogP contribution >= 0.6 is 22.7 Å². The SMILES string of the molecule is COC(=O)C1=C(C)N=c2s/c(=C/c3cccn3C)c(=O)n2[C@@H]1c1cccs1. The maximum Gasteiger partial charge on any atom is 0.338 e. The van der Waals surface area contributed by atoms with Gasteiger partial charge in [0, 0.05) is 23.8 Å². The van der Waals surface area contributed by atoms with Gasteiger partial charge in [-0.3, -0.25) is 9.36 Å². The van der Waals surface area contributed by atoms with E-state index in [9.17, 15) is 9.59 Å². The fraction of sp³-hybridized carbons (Fsp3) is 0.211. The van der Waals surface area contributed by atoms with Gasteiger partial charge in [-0.1, -0.05) is 17.4 Å². The molecule has 4 heterocycles. The molecule has 138 valence electrons. The number of rotatable bonds is 3. The van der Waals surface area contributed by atoms with Crippen LogP contribution in [-0.4, -0.2) is 22.2 Å². The molecule has 0 bridgehead atoms. The fourth-order valence-electron chi connectivity index (χ4n) is 3.17. The van der Waals surface area contributed by atoms with E-state index >= 15 is 0 Å². The monoisotopic (exact) mass is 399 g/mol. The van der Waals surface area contributed by atoms with Crippen molar-refractivity contribution in [3.63, 3.8) is 0 Å². The Morgan fingerprint density at radius 1 is 1.33 bits per heavy atom. The zero-order valence-electron chi connectivity index (χ0n) is 15.0. The molecule has 0 N–H and O–H groups in total. The lowest BCUT2D eigenvalue weighted by Gasteiger charge is -2.22. The van der Waals surface area contributed by atoms with E-state index < -0.39 is 12.0 Å². The summed E-state index contributed by atoms with van der Waals surface area (Å²) >= 11 is 2.83. The van der Waals surface area contributed by atoms with E-state index in [2.05, 4.69) is 4.99 Å². The van der Waals surface area contributed by atoms with Crippen LogP contribution in [0.3, 0.4) is 0 Å². The number of hydrogen-bond donors (Lipinski definition) is 0. The first-order valence-electron chi connectivity index (χ1n) is 8.27. The number of carbonyl (C=O) groups is 1.